The summed E-state index contributed by atoms with van der Waals surface area (Å²) in [6.45, 7) is 11.2. The summed E-state index contributed by atoms with van der Waals surface area (Å²) in [7, 11) is 0. The number of piperazine rings is 1. The molecule has 1 aliphatic heterocycles. The first-order valence-electron chi connectivity index (χ1n) is 5.82. The van der Waals surface area contributed by atoms with Crippen LogP contribution in [-0.4, -0.2) is 46.8 Å². The second-order valence-corrected chi connectivity index (χ2v) is 5.50. The second kappa shape index (κ2) is 5.01. The highest BCUT2D eigenvalue weighted by molar-refractivity contribution is 7.18. The third kappa shape index (κ3) is 2.58. The maximum absolute atomic E-state index is 5.63. The molecule has 0 saturated carbocycles. The fourth-order valence-electron chi connectivity index (χ4n) is 2.23. The van der Waals surface area contributed by atoms with E-state index in [4.69, 9.17) is 5.73 Å². The van der Waals surface area contributed by atoms with Crippen LogP contribution in [0.3, 0.4) is 0 Å². The maximum atomic E-state index is 5.63. The highest BCUT2D eigenvalue weighted by Gasteiger charge is 2.30. The topological polar surface area (TPSA) is 58.3 Å². The largest absolute Gasteiger partial charge is 0.374 e. The molecule has 0 spiro atoms. The fourth-order valence-corrected chi connectivity index (χ4v) is 2.95. The lowest BCUT2D eigenvalue weighted by Gasteiger charge is -2.43. The van der Waals surface area contributed by atoms with E-state index in [9.17, 15) is 0 Å². The summed E-state index contributed by atoms with van der Waals surface area (Å²) < 4.78 is 0. The summed E-state index contributed by atoms with van der Waals surface area (Å²) in [6.07, 6.45) is 1.96. The number of aromatic nitrogens is 2. The smallest absolute Gasteiger partial charge is 0.210 e. The van der Waals surface area contributed by atoms with Gasteiger partial charge in [-0.3, -0.25) is 4.90 Å². The quantitative estimate of drug-likeness (QED) is 0.820. The second-order valence-electron chi connectivity index (χ2n) is 4.52. The molecule has 0 aliphatic carbocycles. The molecule has 1 aromatic rings. The number of hydrogen-bond donors (Lipinski definition) is 1. The van der Waals surface area contributed by atoms with Gasteiger partial charge in [0.1, 0.15) is 0 Å². The standard InChI is InChI=1S/C11H19N5S/c1-4-5-15-6-9(3)16(7-8(15)2)11-14-13-10(12)17-11/h4,8-9H,1,5-7H2,2-3H3,(H2,12,13)/t8-,9-/m1/s1. The van der Waals surface area contributed by atoms with Crippen LogP contribution in [0.1, 0.15) is 13.8 Å². The molecule has 6 heteroatoms. The Morgan fingerprint density at radius 2 is 2.18 bits per heavy atom. The highest BCUT2D eigenvalue weighted by Crippen LogP contribution is 2.27. The van der Waals surface area contributed by atoms with Gasteiger partial charge in [0.15, 0.2) is 0 Å². The molecule has 1 aliphatic rings. The molecular weight excluding hydrogens is 234 g/mol. The van der Waals surface area contributed by atoms with Crippen LogP contribution in [0.5, 0.6) is 0 Å². The Morgan fingerprint density at radius 1 is 1.41 bits per heavy atom. The van der Waals surface area contributed by atoms with Crippen LogP contribution >= 0.6 is 11.3 Å². The first-order valence-corrected chi connectivity index (χ1v) is 6.64. The van der Waals surface area contributed by atoms with Crippen LogP contribution < -0.4 is 10.6 Å². The van der Waals surface area contributed by atoms with Gasteiger partial charge in [-0.1, -0.05) is 17.4 Å². The van der Waals surface area contributed by atoms with E-state index < -0.39 is 0 Å². The minimum absolute atomic E-state index is 0.429. The average Bonchev–Trinajstić information content (AvgIpc) is 2.70. The Hall–Kier alpha value is -1.14. The van der Waals surface area contributed by atoms with E-state index in [2.05, 4.69) is 40.4 Å². The zero-order chi connectivity index (χ0) is 12.4. The maximum Gasteiger partial charge on any atom is 0.210 e. The lowest BCUT2D eigenvalue weighted by atomic mass is 10.1. The van der Waals surface area contributed by atoms with Gasteiger partial charge in [-0.25, -0.2) is 0 Å². The normalized spacial score (nSPS) is 26.1. The Kier molecular flexibility index (Phi) is 3.63. The van der Waals surface area contributed by atoms with Crippen molar-refractivity contribution in [1.82, 2.24) is 15.1 Å². The van der Waals surface area contributed by atoms with Gasteiger partial charge in [0.2, 0.25) is 10.3 Å². The molecule has 1 fully saturated rings. The number of nitrogens with two attached hydrogens (primary N) is 1. The van der Waals surface area contributed by atoms with E-state index in [1.54, 1.807) is 0 Å². The Bertz CT molecular complexity index is 391. The van der Waals surface area contributed by atoms with Crippen LogP contribution in [0.25, 0.3) is 0 Å². The molecule has 2 heterocycles. The molecule has 94 valence electrons. The van der Waals surface area contributed by atoms with Crippen LogP contribution in [-0.2, 0) is 0 Å². The average molecular weight is 253 g/mol. The number of nitrogens with zero attached hydrogens (tertiary/aromatic N) is 4. The number of hydrogen-bond acceptors (Lipinski definition) is 6. The lowest BCUT2D eigenvalue weighted by Crippen LogP contribution is -2.56. The van der Waals surface area contributed by atoms with Crippen LogP contribution in [0, 0.1) is 0 Å². The van der Waals surface area contributed by atoms with Crippen LogP contribution in [0.15, 0.2) is 12.7 Å². The molecule has 0 bridgehead atoms. The molecule has 0 amide bonds. The Morgan fingerprint density at radius 3 is 2.76 bits per heavy atom. The molecule has 0 unspecified atom stereocenters. The molecule has 2 rings (SSSR count). The van der Waals surface area contributed by atoms with E-state index in [1.165, 1.54) is 11.3 Å². The molecule has 17 heavy (non-hydrogen) atoms. The first-order chi connectivity index (χ1) is 8.11. The lowest BCUT2D eigenvalue weighted by molar-refractivity contribution is 0.184. The predicted octanol–water partition coefficient (Wildman–Crippen LogP) is 1.21. The highest BCUT2D eigenvalue weighted by atomic mass is 32.1. The Labute approximate surface area is 106 Å². The summed E-state index contributed by atoms with van der Waals surface area (Å²) in [6, 6.07) is 0.924. The SMILES string of the molecule is C=CCN1C[C@@H](C)N(c2nnc(N)s2)C[C@H]1C. The third-order valence-corrected chi connectivity index (χ3v) is 3.94. The zero-order valence-corrected chi connectivity index (χ0v) is 11.2. The summed E-state index contributed by atoms with van der Waals surface area (Å²) in [4.78, 5) is 4.72. The molecule has 2 atom stereocenters. The van der Waals surface area contributed by atoms with Crippen molar-refractivity contribution in [3.05, 3.63) is 12.7 Å². The van der Waals surface area contributed by atoms with E-state index in [1.807, 2.05) is 6.08 Å². The number of nitrogen functional groups attached to an aromatic ring is 1. The summed E-state index contributed by atoms with van der Waals surface area (Å²) in [5, 5.41) is 9.47. The minimum Gasteiger partial charge on any atom is -0.374 e. The van der Waals surface area contributed by atoms with Crippen LogP contribution in [0.4, 0.5) is 10.3 Å². The number of anilines is 2. The molecule has 1 saturated heterocycles. The van der Waals surface area contributed by atoms with E-state index in [0.29, 0.717) is 17.2 Å². The predicted molar refractivity (Wildman–Crippen MR) is 72.4 cm³/mol. The van der Waals surface area contributed by atoms with Crippen molar-refractivity contribution in [2.24, 2.45) is 0 Å². The molecule has 2 N–H and O–H groups in total. The molecule has 0 aromatic carbocycles. The zero-order valence-electron chi connectivity index (χ0n) is 10.3. The summed E-state index contributed by atoms with van der Waals surface area (Å²) in [5.41, 5.74) is 5.63. The summed E-state index contributed by atoms with van der Waals surface area (Å²) in [5.74, 6) is 0. The fraction of sp³-hybridized carbons (Fsp3) is 0.636. The van der Waals surface area contributed by atoms with Crippen molar-refractivity contribution in [1.29, 1.82) is 0 Å². The van der Waals surface area contributed by atoms with Crippen molar-refractivity contribution < 1.29 is 0 Å². The van der Waals surface area contributed by atoms with E-state index in [-0.39, 0.29) is 0 Å². The summed E-state index contributed by atoms with van der Waals surface area (Å²) >= 11 is 1.46. The Balaban J connectivity index is 2.09. The van der Waals surface area contributed by atoms with Gasteiger partial charge in [-0.2, -0.15) is 0 Å². The van der Waals surface area contributed by atoms with Gasteiger partial charge in [-0.15, -0.1) is 16.8 Å². The molecular formula is C11H19N5S. The van der Waals surface area contributed by atoms with Gasteiger partial charge >= 0.3 is 0 Å². The van der Waals surface area contributed by atoms with Gasteiger partial charge in [0, 0.05) is 31.7 Å². The molecule has 0 radical (unpaired) electrons. The van der Waals surface area contributed by atoms with Crippen LogP contribution in [0.2, 0.25) is 0 Å². The minimum atomic E-state index is 0.429. The first kappa shape index (κ1) is 12.3. The van der Waals surface area contributed by atoms with Gasteiger partial charge in [-0.05, 0) is 13.8 Å². The van der Waals surface area contributed by atoms with Crippen molar-refractivity contribution in [2.75, 3.05) is 30.3 Å². The third-order valence-electron chi connectivity index (χ3n) is 3.15. The van der Waals surface area contributed by atoms with Gasteiger partial charge in [0.25, 0.3) is 0 Å². The van der Waals surface area contributed by atoms with Crippen molar-refractivity contribution in [3.8, 4) is 0 Å². The van der Waals surface area contributed by atoms with Gasteiger partial charge < -0.3 is 10.6 Å². The van der Waals surface area contributed by atoms with Crippen molar-refractivity contribution >= 4 is 21.6 Å². The van der Waals surface area contributed by atoms with E-state index >= 15 is 0 Å². The monoisotopic (exact) mass is 253 g/mol. The van der Waals surface area contributed by atoms with Gasteiger partial charge in [0.05, 0.1) is 0 Å². The van der Waals surface area contributed by atoms with Crippen molar-refractivity contribution in [3.63, 3.8) is 0 Å². The van der Waals surface area contributed by atoms with E-state index in [0.717, 1.165) is 24.8 Å². The van der Waals surface area contributed by atoms with Crippen molar-refractivity contribution in [2.45, 2.75) is 25.9 Å². The number of rotatable bonds is 3. The molecule has 1 aromatic heterocycles. The molecule has 5 nitrogen and oxygen atoms in total.